The predicted octanol–water partition coefficient (Wildman–Crippen LogP) is 0.455. The quantitative estimate of drug-likeness (QED) is 0.598. The molecular weight excluding hydrogens is 214 g/mol. The molecule has 1 saturated heterocycles. The zero-order valence-electron chi connectivity index (χ0n) is 9.11. The van der Waals surface area contributed by atoms with Crippen LogP contribution in [0.2, 0.25) is 0 Å². The molecule has 0 amide bonds. The van der Waals surface area contributed by atoms with Gasteiger partial charge in [0.2, 0.25) is 0 Å². The highest BCUT2D eigenvalue weighted by Gasteiger charge is 2.12. The van der Waals surface area contributed by atoms with Crippen LogP contribution >= 0.6 is 11.8 Å². The van der Waals surface area contributed by atoms with E-state index in [1.165, 1.54) is 0 Å². The number of rotatable bonds is 8. The van der Waals surface area contributed by atoms with Gasteiger partial charge in [0.15, 0.2) is 0 Å². The highest BCUT2D eigenvalue weighted by Crippen LogP contribution is 2.04. The molecule has 0 saturated carbocycles. The Morgan fingerprint density at radius 2 is 2.33 bits per heavy atom. The van der Waals surface area contributed by atoms with Gasteiger partial charge in [0, 0.05) is 25.4 Å². The molecule has 1 aliphatic rings. The van der Waals surface area contributed by atoms with Gasteiger partial charge in [0.25, 0.3) is 0 Å². The lowest BCUT2D eigenvalue weighted by molar-refractivity contribution is -0.137. The Bertz CT molecular complexity index is 143. The van der Waals surface area contributed by atoms with Crippen LogP contribution in [0, 0.1) is 0 Å². The van der Waals surface area contributed by atoms with Gasteiger partial charge in [-0.2, -0.15) is 11.8 Å². The van der Waals surface area contributed by atoms with Gasteiger partial charge < -0.3 is 19.9 Å². The summed E-state index contributed by atoms with van der Waals surface area (Å²) in [5, 5.41) is 11.9. The first-order valence-electron chi connectivity index (χ1n) is 5.52. The molecule has 0 aromatic carbocycles. The fraction of sp³-hybridized carbons (Fsp3) is 1.00. The van der Waals surface area contributed by atoms with Crippen molar-refractivity contribution in [1.82, 2.24) is 5.32 Å². The number of hydrogen-bond donors (Lipinski definition) is 2. The molecule has 1 aliphatic heterocycles. The topological polar surface area (TPSA) is 50.7 Å². The largest absolute Gasteiger partial charge is 0.396 e. The summed E-state index contributed by atoms with van der Waals surface area (Å²) in [6.45, 7) is 3.49. The van der Waals surface area contributed by atoms with Gasteiger partial charge in [0.1, 0.15) is 6.79 Å². The first kappa shape index (κ1) is 13.3. The average molecular weight is 235 g/mol. The Hall–Kier alpha value is 0.190. The maximum absolute atomic E-state index is 8.58. The first-order chi connectivity index (χ1) is 7.43. The summed E-state index contributed by atoms with van der Waals surface area (Å²) >= 11 is 1.88. The lowest BCUT2D eigenvalue weighted by Gasteiger charge is -2.22. The van der Waals surface area contributed by atoms with Crippen molar-refractivity contribution < 1.29 is 14.6 Å². The number of nitrogens with one attached hydrogen (secondary N) is 1. The number of hydrogen-bond acceptors (Lipinski definition) is 5. The van der Waals surface area contributed by atoms with Gasteiger partial charge in [-0.25, -0.2) is 0 Å². The van der Waals surface area contributed by atoms with Gasteiger partial charge in [0.05, 0.1) is 12.7 Å². The summed E-state index contributed by atoms with van der Waals surface area (Å²) < 4.78 is 10.5. The maximum Gasteiger partial charge on any atom is 0.147 e. The monoisotopic (exact) mass is 235 g/mol. The van der Waals surface area contributed by atoms with Crippen molar-refractivity contribution in [3.8, 4) is 0 Å². The van der Waals surface area contributed by atoms with Crippen molar-refractivity contribution in [1.29, 1.82) is 0 Å². The number of ether oxygens (including phenoxy) is 2. The standard InChI is InChI=1S/C10H21NO3S/c12-4-1-6-15-7-3-11-8-10-2-5-13-9-14-10/h10-12H,1-9H2. The molecule has 0 aromatic heterocycles. The van der Waals surface area contributed by atoms with Gasteiger partial charge in [-0.05, 0) is 18.6 Å². The Balaban J connectivity index is 1.79. The van der Waals surface area contributed by atoms with E-state index in [4.69, 9.17) is 14.6 Å². The fourth-order valence-electron chi connectivity index (χ4n) is 1.34. The zero-order chi connectivity index (χ0) is 10.8. The van der Waals surface area contributed by atoms with E-state index >= 15 is 0 Å². The summed E-state index contributed by atoms with van der Waals surface area (Å²) in [6.07, 6.45) is 2.21. The molecule has 4 nitrogen and oxygen atoms in total. The van der Waals surface area contributed by atoms with Crippen LogP contribution in [0.25, 0.3) is 0 Å². The third-order valence-corrected chi connectivity index (χ3v) is 3.28. The fourth-order valence-corrected chi connectivity index (χ4v) is 2.16. The van der Waals surface area contributed by atoms with Crippen molar-refractivity contribution >= 4 is 11.8 Å². The summed E-state index contributed by atoms with van der Waals surface area (Å²) in [7, 11) is 0. The zero-order valence-corrected chi connectivity index (χ0v) is 9.93. The van der Waals surface area contributed by atoms with E-state index in [0.29, 0.717) is 19.5 Å². The molecule has 0 bridgehead atoms. The second-order valence-corrected chi connectivity index (χ2v) is 4.72. The van der Waals surface area contributed by atoms with Gasteiger partial charge in [-0.1, -0.05) is 0 Å². The molecule has 2 N–H and O–H groups in total. The smallest absolute Gasteiger partial charge is 0.147 e. The molecule has 5 heteroatoms. The summed E-state index contributed by atoms with van der Waals surface area (Å²) in [6, 6.07) is 0. The Morgan fingerprint density at radius 3 is 3.07 bits per heavy atom. The Kier molecular flexibility index (Phi) is 8.32. The Morgan fingerprint density at radius 1 is 1.40 bits per heavy atom. The number of thioether (sulfide) groups is 1. The second kappa shape index (κ2) is 9.42. The molecule has 1 fully saturated rings. The maximum atomic E-state index is 8.58. The Labute approximate surface area is 95.7 Å². The minimum absolute atomic E-state index is 0.302. The summed E-state index contributed by atoms with van der Waals surface area (Å²) in [4.78, 5) is 0. The molecule has 0 aliphatic carbocycles. The van der Waals surface area contributed by atoms with E-state index in [1.54, 1.807) is 0 Å². The predicted molar refractivity (Wildman–Crippen MR) is 62.2 cm³/mol. The van der Waals surface area contributed by atoms with Crippen LogP contribution in [0.1, 0.15) is 12.8 Å². The molecule has 1 heterocycles. The lowest BCUT2D eigenvalue weighted by Crippen LogP contribution is -2.34. The van der Waals surface area contributed by atoms with Crippen LogP contribution in [0.15, 0.2) is 0 Å². The number of aliphatic hydroxyl groups is 1. The molecule has 1 rings (SSSR count). The van der Waals surface area contributed by atoms with E-state index in [9.17, 15) is 0 Å². The molecule has 90 valence electrons. The van der Waals surface area contributed by atoms with Crippen molar-refractivity contribution in [2.24, 2.45) is 0 Å². The van der Waals surface area contributed by atoms with Crippen molar-refractivity contribution in [3.05, 3.63) is 0 Å². The molecule has 1 atom stereocenters. The van der Waals surface area contributed by atoms with Crippen molar-refractivity contribution in [3.63, 3.8) is 0 Å². The minimum Gasteiger partial charge on any atom is -0.396 e. The SMILES string of the molecule is OCCCSCCNCC1CCOCO1. The molecule has 0 aromatic rings. The molecule has 1 unspecified atom stereocenters. The molecular formula is C10H21NO3S. The first-order valence-corrected chi connectivity index (χ1v) is 6.67. The third-order valence-electron chi connectivity index (χ3n) is 2.21. The number of aliphatic hydroxyl groups excluding tert-OH is 1. The highest BCUT2D eigenvalue weighted by molar-refractivity contribution is 7.99. The normalized spacial score (nSPS) is 21.8. The van der Waals surface area contributed by atoms with Crippen molar-refractivity contribution in [2.75, 3.05) is 44.6 Å². The van der Waals surface area contributed by atoms with Crippen LogP contribution in [-0.4, -0.2) is 55.8 Å². The lowest BCUT2D eigenvalue weighted by atomic mass is 10.2. The third kappa shape index (κ3) is 7.14. The highest BCUT2D eigenvalue weighted by atomic mass is 32.2. The van der Waals surface area contributed by atoms with Gasteiger partial charge in [-0.15, -0.1) is 0 Å². The second-order valence-electron chi connectivity index (χ2n) is 3.50. The van der Waals surface area contributed by atoms with Crippen molar-refractivity contribution in [2.45, 2.75) is 18.9 Å². The van der Waals surface area contributed by atoms with Crippen LogP contribution in [0.5, 0.6) is 0 Å². The molecule has 0 spiro atoms. The van der Waals surface area contributed by atoms with Crippen LogP contribution in [-0.2, 0) is 9.47 Å². The minimum atomic E-state index is 0.302. The summed E-state index contributed by atoms with van der Waals surface area (Å²) in [5.74, 6) is 2.15. The van der Waals surface area contributed by atoms with Crippen LogP contribution < -0.4 is 5.32 Å². The molecule has 0 radical (unpaired) electrons. The van der Waals surface area contributed by atoms with Crippen LogP contribution in [0.3, 0.4) is 0 Å². The van der Waals surface area contributed by atoms with Gasteiger partial charge in [-0.3, -0.25) is 0 Å². The van der Waals surface area contributed by atoms with E-state index in [-0.39, 0.29) is 0 Å². The van der Waals surface area contributed by atoms with E-state index < -0.39 is 0 Å². The average Bonchev–Trinajstić information content (AvgIpc) is 2.29. The van der Waals surface area contributed by atoms with E-state index in [1.807, 2.05) is 11.8 Å². The van der Waals surface area contributed by atoms with E-state index in [0.717, 1.165) is 44.0 Å². The van der Waals surface area contributed by atoms with Gasteiger partial charge >= 0.3 is 0 Å². The van der Waals surface area contributed by atoms with Crippen LogP contribution in [0.4, 0.5) is 0 Å². The molecule has 15 heavy (non-hydrogen) atoms. The summed E-state index contributed by atoms with van der Waals surface area (Å²) in [5.41, 5.74) is 0. The van der Waals surface area contributed by atoms with E-state index in [2.05, 4.69) is 5.32 Å².